The highest BCUT2D eigenvalue weighted by molar-refractivity contribution is 6.09. The van der Waals surface area contributed by atoms with E-state index in [0.29, 0.717) is 47.4 Å². The second kappa shape index (κ2) is 7.42. The fourth-order valence-electron chi connectivity index (χ4n) is 3.40. The molecule has 1 N–H and O–H groups in total. The summed E-state index contributed by atoms with van der Waals surface area (Å²) in [5.74, 6) is 0.776. The normalized spacial score (nSPS) is 13.5. The van der Waals surface area contributed by atoms with Crippen LogP contribution in [0.4, 0.5) is 5.69 Å². The summed E-state index contributed by atoms with van der Waals surface area (Å²) in [6, 6.07) is 5.37. The molecular weight excluding hydrogens is 386 g/mol. The molecule has 0 aromatic carbocycles. The highest BCUT2D eigenvalue weighted by Crippen LogP contribution is 2.32. The number of anilines is 1. The molecule has 0 atom stereocenters. The third-order valence-corrected chi connectivity index (χ3v) is 4.77. The summed E-state index contributed by atoms with van der Waals surface area (Å²) in [5.41, 5.74) is 2.46. The first-order valence-corrected chi connectivity index (χ1v) is 9.44. The van der Waals surface area contributed by atoms with E-state index in [2.05, 4.69) is 15.1 Å². The first-order chi connectivity index (χ1) is 14.3. The zero-order valence-electron chi connectivity index (χ0n) is 17.3. The number of carbonyl (C=O) groups is 1. The van der Waals surface area contributed by atoms with Crippen molar-refractivity contribution in [1.29, 1.82) is 0 Å². The van der Waals surface area contributed by atoms with Crippen LogP contribution in [0.15, 0.2) is 36.8 Å². The van der Waals surface area contributed by atoms with Gasteiger partial charge < -0.3 is 14.6 Å². The van der Waals surface area contributed by atoms with Crippen molar-refractivity contribution in [3.05, 3.63) is 48.0 Å². The highest BCUT2D eigenvalue weighted by atomic mass is 16.5. The summed E-state index contributed by atoms with van der Waals surface area (Å²) in [5, 5.41) is 14.2. The van der Waals surface area contributed by atoms with Crippen LogP contribution in [0.3, 0.4) is 0 Å². The Bertz CT molecular complexity index is 1100. The topological polar surface area (TPSA) is 103 Å². The number of methoxy groups -OCH3 is 2. The summed E-state index contributed by atoms with van der Waals surface area (Å²) in [6.07, 6.45) is 5.03. The maximum Gasteiger partial charge on any atom is 0.260 e. The van der Waals surface area contributed by atoms with Gasteiger partial charge in [0.15, 0.2) is 5.75 Å². The molecule has 1 aliphatic heterocycles. The number of aliphatic hydroxyl groups is 1. The molecule has 156 valence electrons. The number of hydrogen-bond acceptors (Lipinski definition) is 7. The Morgan fingerprint density at radius 2 is 2.00 bits per heavy atom. The molecule has 4 heterocycles. The van der Waals surface area contributed by atoms with Crippen molar-refractivity contribution in [2.45, 2.75) is 32.5 Å². The van der Waals surface area contributed by atoms with Crippen LogP contribution in [0.25, 0.3) is 11.3 Å². The first kappa shape index (κ1) is 19.8. The summed E-state index contributed by atoms with van der Waals surface area (Å²) >= 11 is 0. The van der Waals surface area contributed by atoms with Crippen molar-refractivity contribution in [3.8, 4) is 22.9 Å². The lowest BCUT2D eigenvalue weighted by Crippen LogP contribution is -2.26. The van der Waals surface area contributed by atoms with Gasteiger partial charge in [-0.1, -0.05) is 0 Å². The number of carbonyl (C=O) groups excluding carboxylic acids is 1. The third-order valence-electron chi connectivity index (χ3n) is 4.77. The van der Waals surface area contributed by atoms with Crippen molar-refractivity contribution in [2.75, 3.05) is 19.1 Å². The zero-order chi connectivity index (χ0) is 21.5. The standard InChI is InChI=1S/C21H23N5O4/c1-21(2,28)12-25-10-14(9-23-25)26-11-17-15(20(26)27)5-6-16(24-17)13-7-18(29-3)19(30-4)22-8-13/h5-10,28H,11-12H2,1-4H3. The molecule has 0 unspecified atom stereocenters. The molecule has 0 aliphatic carbocycles. The minimum absolute atomic E-state index is 0.128. The molecule has 9 nitrogen and oxygen atoms in total. The zero-order valence-corrected chi connectivity index (χ0v) is 17.3. The van der Waals surface area contributed by atoms with Crippen LogP contribution < -0.4 is 14.4 Å². The van der Waals surface area contributed by atoms with Gasteiger partial charge in [-0.15, -0.1) is 0 Å². The minimum atomic E-state index is -0.898. The minimum Gasteiger partial charge on any atom is -0.491 e. The van der Waals surface area contributed by atoms with E-state index in [1.165, 1.54) is 7.11 Å². The molecule has 30 heavy (non-hydrogen) atoms. The Morgan fingerprint density at radius 3 is 2.70 bits per heavy atom. The number of amides is 1. The largest absolute Gasteiger partial charge is 0.491 e. The van der Waals surface area contributed by atoms with Crippen molar-refractivity contribution in [2.24, 2.45) is 0 Å². The SMILES string of the molecule is COc1cc(-c2ccc3c(n2)CN(c2cnn(CC(C)(C)O)c2)C3=O)cnc1OC. The van der Waals surface area contributed by atoms with Crippen molar-refractivity contribution < 1.29 is 19.4 Å². The average Bonchev–Trinajstić information content (AvgIpc) is 3.29. The molecule has 4 rings (SSSR count). The lowest BCUT2D eigenvalue weighted by Gasteiger charge is -2.16. The van der Waals surface area contributed by atoms with Crippen molar-refractivity contribution in [1.82, 2.24) is 19.7 Å². The van der Waals surface area contributed by atoms with Gasteiger partial charge in [0, 0.05) is 18.0 Å². The van der Waals surface area contributed by atoms with Crippen LogP contribution >= 0.6 is 0 Å². The van der Waals surface area contributed by atoms with Crippen LogP contribution in [-0.2, 0) is 13.1 Å². The van der Waals surface area contributed by atoms with Gasteiger partial charge in [-0.3, -0.25) is 19.4 Å². The predicted molar refractivity (Wildman–Crippen MR) is 110 cm³/mol. The second-order valence-corrected chi connectivity index (χ2v) is 7.73. The number of pyridine rings is 2. The molecule has 0 saturated carbocycles. The summed E-state index contributed by atoms with van der Waals surface area (Å²) in [7, 11) is 3.08. The Kier molecular flexibility index (Phi) is 4.90. The van der Waals surface area contributed by atoms with Gasteiger partial charge in [0.25, 0.3) is 11.8 Å². The number of fused-ring (bicyclic) bond motifs is 1. The monoisotopic (exact) mass is 409 g/mol. The van der Waals surface area contributed by atoms with E-state index in [9.17, 15) is 9.90 Å². The van der Waals surface area contributed by atoms with Crippen LogP contribution in [0.1, 0.15) is 29.9 Å². The summed E-state index contributed by atoms with van der Waals surface area (Å²) in [6.45, 7) is 4.09. The summed E-state index contributed by atoms with van der Waals surface area (Å²) < 4.78 is 12.1. The molecule has 0 radical (unpaired) electrons. The van der Waals surface area contributed by atoms with Gasteiger partial charge in [0.05, 0.1) is 61.7 Å². The highest BCUT2D eigenvalue weighted by Gasteiger charge is 2.31. The van der Waals surface area contributed by atoms with Crippen molar-refractivity contribution >= 4 is 11.6 Å². The molecule has 1 amide bonds. The Hall–Kier alpha value is -3.46. The van der Waals surface area contributed by atoms with Gasteiger partial charge in [0.1, 0.15) is 0 Å². The molecule has 9 heteroatoms. The second-order valence-electron chi connectivity index (χ2n) is 7.73. The number of rotatable bonds is 6. The molecule has 3 aromatic rings. The van der Waals surface area contributed by atoms with E-state index in [1.807, 2.05) is 0 Å². The fraction of sp³-hybridized carbons (Fsp3) is 0.333. The van der Waals surface area contributed by atoms with E-state index in [-0.39, 0.29) is 5.91 Å². The maximum atomic E-state index is 12.9. The smallest absolute Gasteiger partial charge is 0.260 e. The maximum absolute atomic E-state index is 12.9. The predicted octanol–water partition coefficient (Wildman–Crippen LogP) is 2.29. The Balaban J connectivity index is 1.60. The number of ether oxygens (including phenoxy) is 2. The number of hydrogen-bond donors (Lipinski definition) is 1. The van der Waals surface area contributed by atoms with Gasteiger partial charge in [0.2, 0.25) is 0 Å². The van der Waals surface area contributed by atoms with Crippen LogP contribution in [-0.4, -0.2) is 50.6 Å². The molecule has 0 saturated heterocycles. The van der Waals surface area contributed by atoms with Gasteiger partial charge in [-0.05, 0) is 32.0 Å². The summed E-state index contributed by atoms with van der Waals surface area (Å²) in [4.78, 5) is 23.4. The Labute approximate surface area is 173 Å². The van der Waals surface area contributed by atoms with Crippen molar-refractivity contribution in [3.63, 3.8) is 0 Å². The first-order valence-electron chi connectivity index (χ1n) is 9.44. The van der Waals surface area contributed by atoms with E-state index in [0.717, 1.165) is 5.56 Å². The van der Waals surface area contributed by atoms with E-state index in [4.69, 9.17) is 9.47 Å². The quantitative estimate of drug-likeness (QED) is 0.666. The van der Waals surface area contributed by atoms with Gasteiger partial charge >= 0.3 is 0 Å². The molecule has 1 aliphatic rings. The van der Waals surface area contributed by atoms with Crippen LogP contribution in [0.5, 0.6) is 11.6 Å². The molecule has 0 bridgehead atoms. The van der Waals surface area contributed by atoms with Crippen LogP contribution in [0, 0.1) is 0 Å². The lowest BCUT2D eigenvalue weighted by atomic mass is 10.1. The fourth-order valence-corrected chi connectivity index (χ4v) is 3.40. The number of aromatic nitrogens is 4. The van der Waals surface area contributed by atoms with E-state index >= 15 is 0 Å². The van der Waals surface area contributed by atoms with Gasteiger partial charge in [-0.25, -0.2) is 4.98 Å². The Morgan fingerprint density at radius 1 is 1.20 bits per heavy atom. The number of nitrogens with zero attached hydrogens (tertiary/aromatic N) is 5. The van der Waals surface area contributed by atoms with E-state index in [1.54, 1.807) is 67.3 Å². The molecule has 0 spiro atoms. The van der Waals surface area contributed by atoms with E-state index < -0.39 is 5.60 Å². The van der Waals surface area contributed by atoms with Crippen LogP contribution in [0.2, 0.25) is 0 Å². The molecular formula is C21H23N5O4. The van der Waals surface area contributed by atoms with Gasteiger partial charge in [-0.2, -0.15) is 5.10 Å². The molecule has 3 aromatic heterocycles. The molecule has 0 fully saturated rings. The average molecular weight is 409 g/mol. The third kappa shape index (κ3) is 3.71. The lowest BCUT2D eigenvalue weighted by molar-refractivity contribution is 0.0577.